The van der Waals surface area contributed by atoms with Crippen LogP contribution in [0.1, 0.15) is 44.9 Å². The van der Waals surface area contributed by atoms with E-state index in [-0.39, 0.29) is 0 Å². The number of terminal acetylenes is 1. The molecule has 0 heterocycles. The summed E-state index contributed by atoms with van der Waals surface area (Å²) in [5.41, 5.74) is 0. The van der Waals surface area contributed by atoms with E-state index in [0.29, 0.717) is 4.75 Å². The molecule has 0 aromatic rings. The lowest BCUT2D eigenvalue weighted by atomic mass is 9.88. The van der Waals surface area contributed by atoms with E-state index in [4.69, 9.17) is 6.42 Å². The van der Waals surface area contributed by atoms with Crippen molar-refractivity contribution in [3.8, 4) is 12.3 Å². The summed E-state index contributed by atoms with van der Waals surface area (Å²) in [5, 5.41) is 3.57. The lowest BCUT2D eigenvalue weighted by molar-refractivity contribution is 0.379. The Labute approximate surface area is 98.8 Å². The fourth-order valence-corrected chi connectivity index (χ4v) is 3.22. The lowest BCUT2D eigenvalue weighted by Gasteiger charge is -2.36. The maximum absolute atomic E-state index is 5.22. The van der Waals surface area contributed by atoms with Crippen LogP contribution < -0.4 is 5.32 Å². The number of unbranched alkanes of at least 4 members (excludes halogenated alkanes) is 1. The van der Waals surface area contributed by atoms with Gasteiger partial charge in [0.05, 0.1) is 0 Å². The largest absolute Gasteiger partial charge is 0.315 e. The molecular weight excluding hydrogens is 202 g/mol. The molecule has 1 nitrogen and oxygen atoms in total. The van der Waals surface area contributed by atoms with E-state index in [0.717, 1.165) is 19.4 Å². The highest BCUT2D eigenvalue weighted by atomic mass is 32.2. The van der Waals surface area contributed by atoms with Crippen molar-refractivity contribution < 1.29 is 0 Å². The maximum atomic E-state index is 5.22. The summed E-state index contributed by atoms with van der Waals surface area (Å²) in [6, 6.07) is 0. The van der Waals surface area contributed by atoms with Crippen LogP contribution in [0.15, 0.2) is 0 Å². The molecule has 0 spiro atoms. The third kappa shape index (κ3) is 4.49. The van der Waals surface area contributed by atoms with Crippen LogP contribution in [-0.4, -0.2) is 24.1 Å². The number of thioether (sulfide) groups is 1. The van der Waals surface area contributed by atoms with E-state index in [2.05, 4.69) is 29.3 Å². The van der Waals surface area contributed by atoms with Crippen LogP contribution in [-0.2, 0) is 0 Å². The van der Waals surface area contributed by atoms with E-state index >= 15 is 0 Å². The van der Waals surface area contributed by atoms with Crippen molar-refractivity contribution >= 4 is 11.8 Å². The minimum Gasteiger partial charge on any atom is -0.315 e. The van der Waals surface area contributed by atoms with Crippen molar-refractivity contribution in [2.75, 3.05) is 19.3 Å². The van der Waals surface area contributed by atoms with Crippen molar-refractivity contribution in [1.29, 1.82) is 0 Å². The zero-order valence-electron chi connectivity index (χ0n) is 9.85. The first kappa shape index (κ1) is 12.9. The quantitative estimate of drug-likeness (QED) is 0.551. The normalized spacial score (nSPS) is 19.7. The molecule has 0 bridgehead atoms. The highest BCUT2D eigenvalue weighted by molar-refractivity contribution is 8.00. The van der Waals surface area contributed by atoms with Gasteiger partial charge in [-0.3, -0.25) is 0 Å². The van der Waals surface area contributed by atoms with Gasteiger partial charge in [0.25, 0.3) is 0 Å². The molecule has 1 rings (SSSR count). The monoisotopic (exact) mass is 225 g/mol. The van der Waals surface area contributed by atoms with Crippen LogP contribution in [0.2, 0.25) is 0 Å². The van der Waals surface area contributed by atoms with Gasteiger partial charge in [-0.25, -0.2) is 0 Å². The summed E-state index contributed by atoms with van der Waals surface area (Å²) in [6.45, 7) is 2.24. The average Bonchev–Trinajstić information content (AvgIpc) is 2.30. The highest BCUT2D eigenvalue weighted by Gasteiger charge is 2.30. The first-order valence-electron chi connectivity index (χ1n) is 6.02. The van der Waals surface area contributed by atoms with E-state index in [1.807, 2.05) is 0 Å². The van der Waals surface area contributed by atoms with Gasteiger partial charge in [0.1, 0.15) is 0 Å². The molecule has 0 unspecified atom stereocenters. The van der Waals surface area contributed by atoms with Crippen molar-refractivity contribution in [1.82, 2.24) is 5.32 Å². The second-order valence-corrected chi connectivity index (χ2v) is 5.71. The second kappa shape index (κ2) is 7.19. The van der Waals surface area contributed by atoms with Crippen LogP contribution in [0.4, 0.5) is 0 Å². The van der Waals surface area contributed by atoms with Crippen molar-refractivity contribution in [3.05, 3.63) is 0 Å². The first-order chi connectivity index (χ1) is 7.33. The molecule has 0 aliphatic heterocycles. The zero-order valence-corrected chi connectivity index (χ0v) is 10.7. The molecular formula is C13H23NS. The summed E-state index contributed by atoms with van der Waals surface area (Å²) in [6.07, 6.45) is 16.5. The van der Waals surface area contributed by atoms with Gasteiger partial charge in [-0.1, -0.05) is 19.3 Å². The van der Waals surface area contributed by atoms with Gasteiger partial charge >= 0.3 is 0 Å². The standard InChI is InChI=1S/C13H23NS/c1-3-4-8-11-14-12-13(15-2)9-6-5-7-10-13/h1,14H,4-12H2,2H3. The summed E-state index contributed by atoms with van der Waals surface area (Å²) < 4.78 is 0.522. The van der Waals surface area contributed by atoms with E-state index in [1.165, 1.54) is 38.6 Å². The minimum absolute atomic E-state index is 0.522. The predicted octanol–water partition coefficient (Wildman–Crippen LogP) is 3.06. The molecule has 86 valence electrons. The summed E-state index contributed by atoms with van der Waals surface area (Å²) >= 11 is 2.05. The molecule has 0 aromatic heterocycles. The van der Waals surface area contributed by atoms with Crippen molar-refractivity contribution in [2.24, 2.45) is 0 Å². The number of hydrogen-bond acceptors (Lipinski definition) is 2. The topological polar surface area (TPSA) is 12.0 Å². The van der Waals surface area contributed by atoms with Gasteiger partial charge < -0.3 is 5.32 Å². The molecule has 15 heavy (non-hydrogen) atoms. The molecule has 2 heteroatoms. The van der Waals surface area contributed by atoms with E-state index in [9.17, 15) is 0 Å². The van der Waals surface area contributed by atoms with Gasteiger partial charge in [-0.2, -0.15) is 11.8 Å². The molecule has 1 saturated carbocycles. The van der Waals surface area contributed by atoms with Crippen molar-refractivity contribution in [3.63, 3.8) is 0 Å². The molecule has 0 radical (unpaired) electrons. The Morgan fingerprint density at radius 3 is 2.67 bits per heavy atom. The third-order valence-corrected chi connectivity index (χ3v) is 4.74. The number of rotatable bonds is 6. The van der Waals surface area contributed by atoms with Crippen molar-refractivity contribution in [2.45, 2.75) is 49.7 Å². The van der Waals surface area contributed by atoms with Crippen LogP contribution in [0, 0.1) is 12.3 Å². The first-order valence-corrected chi connectivity index (χ1v) is 7.25. The molecule has 0 aromatic carbocycles. The summed E-state index contributed by atoms with van der Waals surface area (Å²) in [5.74, 6) is 2.68. The zero-order chi connectivity index (χ0) is 11.0. The van der Waals surface area contributed by atoms with Gasteiger partial charge in [0.2, 0.25) is 0 Å². The Morgan fingerprint density at radius 1 is 1.33 bits per heavy atom. The average molecular weight is 225 g/mol. The Hall–Kier alpha value is -0.130. The number of nitrogens with one attached hydrogen (secondary N) is 1. The fourth-order valence-electron chi connectivity index (χ4n) is 2.28. The SMILES string of the molecule is C#CCCCNCC1(SC)CCCCC1. The van der Waals surface area contributed by atoms with Gasteiger partial charge in [-0.15, -0.1) is 12.3 Å². The maximum Gasteiger partial charge on any atom is 0.0281 e. The second-order valence-electron chi connectivity index (χ2n) is 4.43. The van der Waals surface area contributed by atoms with Gasteiger partial charge in [0.15, 0.2) is 0 Å². The Balaban J connectivity index is 2.18. The molecule has 1 aliphatic carbocycles. The Bertz CT molecular complexity index is 201. The lowest BCUT2D eigenvalue weighted by Crippen LogP contribution is -2.39. The minimum atomic E-state index is 0.522. The molecule has 1 fully saturated rings. The van der Waals surface area contributed by atoms with Crippen LogP contribution >= 0.6 is 11.8 Å². The van der Waals surface area contributed by atoms with E-state index < -0.39 is 0 Å². The van der Waals surface area contributed by atoms with Crippen LogP contribution in [0.5, 0.6) is 0 Å². The summed E-state index contributed by atoms with van der Waals surface area (Å²) in [7, 11) is 0. The third-order valence-electron chi connectivity index (χ3n) is 3.32. The van der Waals surface area contributed by atoms with E-state index in [1.54, 1.807) is 0 Å². The van der Waals surface area contributed by atoms with Gasteiger partial charge in [0, 0.05) is 17.7 Å². The molecule has 0 saturated heterocycles. The Morgan fingerprint density at radius 2 is 2.07 bits per heavy atom. The highest BCUT2D eigenvalue weighted by Crippen LogP contribution is 2.37. The molecule has 1 aliphatic rings. The predicted molar refractivity (Wildman–Crippen MR) is 70.3 cm³/mol. The smallest absolute Gasteiger partial charge is 0.0281 e. The fraction of sp³-hybridized carbons (Fsp3) is 0.846. The number of hydrogen-bond donors (Lipinski definition) is 1. The molecule has 0 amide bonds. The Kier molecular flexibility index (Phi) is 6.20. The van der Waals surface area contributed by atoms with Gasteiger partial charge in [-0.05, 0) is 32.1 Å². The van der Waals surface area contributed by atoms with Crippen LogP contribution in [0.3, 0.4) is 0 Å². The molecule has 0 atom stereocenters. The molecule has 1 N–H and O–H groups in total. The summed E-state index contributed by atoms with van der Waals surface area (Å²) in [4.78, 5) is 0. The van der Waals surface area contributed by atoms with Crippen LogP contribution in [0.25, 0.3) is 0 Å².